The van der Waals surface area contributed by atoms with Crippen LogP contribution in [-0.2, 0) is 9.47 Å². The third-order valence-corrected chi connectivity index (χ3v) is 3.29. The summed E-state index contributed by atoms with van der Waals surface area (Å²) >= 11 is 0. The fourth-order valence-corrected chi connectivity index (χ4v) is 2.25. The van der Waals surface area contributed by atoms with E-state index in [0.29, 0.717) is 11.8 Å². The predicted octanol–water partition coefficient (Wildman–Crippen LogP) is 5.18. The summed E-state index contributed by atoms with van der Waals surface area (Å²) < 4.78 is 10.9. The van der Waals surface area contributed by atoms with Gasteiger partial charge >= 0.3 is 6.16 Å². The van der Waals surface area contributed by atoms with Crippen LogP contribution in [0.15, 0.2) is 0 Å². The molecule has 3 heteroatoms. The minimum atomic E-state index is -0.533. The standard InChI is InChI=1S/C16H32O3/c1-8-9-10-11-16(6,7)19-15(17)18-14(12(2)3)13(4)5/h12-14H,8-11H2,1-7H3. The summed E-state index contributed by atoms with van der Waals surface area (Å²) in [5.41, 5.74) is -0.440. The van der Waals surface area contributed by atoms with E-state index in [1.54, 1.807) is 0 Å². The SMILES string of the molecule is CCCCCC(C)(C)OC(=O)OC(C(C)C)C(C)C. The Kier molecular flexibility index (Phi) is 8.12. The number of ether oxygens (including phenoxy) is 2. The molecule has 3 nitrogen and oxygen atoms in total. The molecule has 0 aromatic carbocycles. The van der Waals surface area contributed by atoms with Gasteiger partial charge in [-0.25, -0.2) is 4.79 Å². The Balaban J connectivity index is 4.27. The van der Waals surface area contributed by atoms with E-state index >= 15 is 0 Å². The normalized spacial score (nSPS) is 12.3. The maximum Gasteiger partial charge on any atom is 0.509 e. The third-order valence-electron chi connectivity index (χ3n) is 3.29. The molecule has 0 radical (unpaired) electrons. The molecule has 0 aromatic rings. The van der Waals surface area contributed by atoms with Crippen LogP contribution in [-0.4, -0.2) is 17.9 Å². The molecule has 0 heterocycles. The van der Waals surface area contributed by atoms with Gasteiger partial charge in [-0.3, -0.25) is 0 Å². The molecule has 0 saturated carbocycles. The minimum absolute atomic E-state index is 0.0843. The highest BCUT2D eigenvalue weighted by molar-refractivity contribution is 5.60. The smallest absolute Gasteiger partial charge is 0.430 e. The van der Waals surface area contributed by atoms with Crippen LogP contribution in [0.1, 0.15) is 74.1 Å². The Hall–Kier alpha value is -0.730. The average Bonchev–Trinajstić information content (AvgIpc) is 2.24. The van der Waals surface area contributed by atoms with Gasteiger partial charge in [0.15, 0.2) is 0 Å². The topological polar surface area (TPSA) is 35.5 Å². The van der Waals surface area contributed by atoms with Crippen molar-refractivity contribution >= 4 is 6.16 Å². The van der Waals surface area contributed by atoms with Crippen molar-refractivity contribution in [2.24, 2.45) is 11.8 Å². The van der Waals surface area contributed by atoms with Gasteiger partial charge in [0.1, 0.15) is 11.7 Å². The summed E-state index contributed by atoms with van der Waals surface area (Å²) in [7, 11) is 0. The second kappa shape index (κ2) is 8.44. The van der Waals surface area contributed by atoms with E-state index in [9.17, 15) is 4.79 Å². The largest absolute Gasteiger partial charge is 0.509 e. The molecule has 0 saturated heterocycles. The molecule has 0 aromatic heterocycles. The highest BCUT2D eigenvalue weighted by atomic mass is 16.7. The van der Waals surface area contributed by atoms with Crippen molar-refractivity contribution < 1.29 is 14.3 Å². The first-order valence-corrected chi connectivity index (χ1v) is 7.59. The molecule has 0 aliphatic heterocycles. The number of carbonyl (C=O) groups is 1. The molecule has 19 heavy (non-hydrogen) atoms. The Morgan fingerprint density at radius 3 is 2.00 bits per heavy atom. The number of hydrogen-bond acceptors (Lipinski definition) is 3. The van der Waals surface area contributed by atoms with Crippen LogP contribution in [0, 0.1) is 11.8 Å². The second-order valence-electron chi connectivity index (χ2n) is 6.64. The van der Waals surface area contributed by atoms with E-state index in [0.717, 1.165) is 12.8 Å². The van der Waals surface area contributed by atoms with Crippen LogP contribution in [0.3, 0.4) is 0 Å². The van der Waals surface area contributed by atoms with Gasteiger partial charge in [-0.15, -0.1) is 0 Å². The third kappa shape index (κ3) is 8.12. The molecule has 0 aliphatic carbocycles. The second-order valence-corrected chi connectivity index (χ2v) is 6.64. The fraction of sp³-hybridized carbons (Fsp3) is 0.938. The zero-order chi connectivity index (χ0) is 15.1. The first kappa shape index (κ1) is 18.3. The highest BCUT2D eigenvalue weighted by Crippen LogP contribution is 2.22. The monoisotopic (exact) mass is 272 g/mol. The lowest BCUT2D eigenvalue weighted by Gasteiger charge is -2.29. The first-order valence-electron chi connectivity index (χ1n) is 7.59. The molecule has 0 atom stereocenters. The molecule has 0 bridgehead atoms. The number of carbonyl (C=O) groups excluding carboxylic acids is 1. The maximum atomic E-state index is 11.9. The van der Waals surface area contributed by atoms with Crippen molar-refractivity contribution in [3.05, 3.63) is 0 Å². The molecule has 0 N–H and O–H groups in total. The van der Waals surface area contributed by atoms with E-state index in [1.807, 2.05) is 13.8 Å². The molecule has 0 spiro atoms. The van der Waals surface area contributed by atoms with Crippen LogP contribution in [0.5, 0.6) is 0 Å². The van der Waals surface area contributed by atoms with E-state index in [2.05, 4.69) is 34.6 Å². The van der Waals surface area contributed by atoms with E-state index in [-0.39, 0.29) is 6.10 Å². The fourth-order valence-electron chi connectivity index (χ4n) is 2.25. The number of unbranched alkanes of at least 4 members (excludes halogenated alkanes) is 2. The predicted molar refractivity (Wildman–Crippen MR) is 79.3 cm³/mol. The minimum Gasteiger partial charge on any atom is -0.430 e. The highest BCUT2D eigenvalue weighted by Gasteiger charge is 2.27. The zero-order valence-corrected chi connectivity index (χ0v) is 13.8. The average molecular weight is 272 g/mol. The Morgan fingerprint density at radius 1 is 1.05 bits per heavy atom. The van der Waals surface area contributed by atoms with Crippen LogP contribution in [0.4, 0.5) is 4.79 Å². The van der Waals surface area contributed by atoms with Crippen LogP contribution >= 0.6 is 0 Å². The van der Waals surface area contributed by atoms with Crippen LogP contribution in [0.25, 0.3) is 0 Å². The summed E-state index contributed by atoms with van der Waals surface area (Å²) in [6, 6.07) is 0. The first-order chi connectivity index (χ1) is 8.69. The van der Waals surface area contributed by atoms with Gasteiger partial charge in [0.05, 0.1) is 0 Å². The van der Waals surface area contributed by atoms with Crippen molar-refractivity contribution in [2.75, 3.05) is 0 Å². The van der Waals surface area contributed by atoms with Gasteiger partial charge in [-0.05, 0) is 38.5 Å². The molecule has 114 valence electrons. The molecular weight excluding hydrogens is 240 g/mol. The molecule has 0 aliphatic rings. The van der Waals surface area contributed by atoms with Crippen molar-refractivity contribution in [1.29, 1.82) is 0 Å². The Morgan fingerprint density at radius 2 is 1.58 bits per heavy atom. The summed E-state index contributed by atoms with van der Waals surface area (Å²) in [5.74, 6) is 0.603. The molecule has 0 rings (SSSR count). The van der Waals surface area contributed by atoms with Crippen molar-refractivity contribution in [1.82, 2.24) is 0 Å². The summed E-state index contributed by atoms with van der Waals surface area (Å²) in [6.45, 7) is 14.3. The van der Waals surface area contributed by atoms with Crippen LogP contribution in [0.2, 0.25) is 0 Å². The van der Waals surface area contributed by atoms with E-state index in [1.165, 1.54) is 12.8 Å². The Bertz CT molecular complexity index is 249. The summed E-state index contributed by atoms with van der Waals surface area (Å²) in [6.07, 6.45) is 3.68. The number of rotatable bonds is 8. The quantitative estimate of drug-likeness (QED) is 0.451. The van der Waals surface area contributed by atoms with E-state index in [4.69, 9.17) is 9.47 Å². The zero-order valence-electron chi connectivity index (χ0n) is 13.8. The van der Waals surface area contributed by atoms with Gasteiger partial charge in [-0.2, -0.15) is 0 Å². The van der Waals surface area contributed by atoms with Gasteiger partial charge < -0.3 is 9.47 Å². The van der Waals surface area contributed by atoms with E-state index < -0.39 is 11.8 Å². The molecular formula is C16H32O3. The van der Waals surface area contributed by atoms with Gasteiger partial charge in [0.2, 0.25) is 0 Å². The maximum absolute atomic E-state index is 11.9. The summed E-state index contributed by atoms with van der Waals surface area (Å²) in [5, 5.41) is 0. The molecule has 0 amide bonds. The van der Waals surface area contributed by atoms with Gasteiger partial charge in [0, 0.05) is 0 Å². The van der Waals surface area contributed by atoms with Crippen LogP contribution < -0.4 is 0 Å². The molecule has 0 unspecified atom stereocenters. The lowest BCUT2D eigenvalue weighted by molar-refractivity contribution is -0.0566. The summed E-state index contributed by atoms with van der Waals surface area (Å²) in [4.78, 5) is 11.9. The van der Waals surface area contributed by atoms with Crippen molar-refractivity contribution in [2.45, 2.75) is 85.9 Å². The van der Waals surface area contributed by atoms with Gasteiger partial charge in [-0.1, -0.05) is 47.5 Å². The van der Waals surface area contributed by atoms with Gasteiger partial charge in [0.25, 0.3) is 0 Å². The van der Waals surface area contributed by atoms with Crippen molar-refractivity contribution in [3.63, 3.8) is 0 Å². The molecule has 0 fully saturated rings. The lowest BCUT2D eigenvalue weighted by Crippen LogP contribution is -2.34. The van der Waals surface area contributed by atoms with Crippen molar-refractivity contribution in [3.8, 4) is 0 Å². The Labute approximate surface area is 119 Å². The lowest BCUT2D eigenvalue weighted by atomic mass is 9.96. The number of hydrogen-bond donors (Lipinski definition) is 0.